The third-order valence-electron chi connectivity index (χ3n) is 4.09. The zero-order valence-corrected chi connectivity index (χ0v) is 14.4. The Labute approximate surface area is 150 Å². The lowest BCUT2D eigenvalue weighted by Crippen LogP contribution is -2.01. The molecule has 0 N–H and O–H groups in total. The molecule has 0 saturated carbocycles. The van der Waals surface area contributed by atoms with Crippen LogP contribution in [0.2, 0.25) is 0 Å². The Morgan fingerprint density at radius 1 is 1.08 bits per heavy atom. The van der Waals surface area contributed by atoms with E-state index in [1.165, 1.54) is 18.2 Å². The fraction of sp³-hybridized carbons (Fsp3) is 0.100. The normalized spacial score (nSPS) is 11.0. The van der Waals surface area contributed by atoms with Crippen molar-refractivity contribution in [3.63, 3.8) is 0 Å². The van der Waals surface area contributed by atoms with Gasteiger partial charge in [0.05, 0.1) is 33.1 Å². The third kappa shape index (κ3) is 3.30. The predicted molar refractivity (Wildman–Crippen MR) is 99.5 cm³/mol. The van der Waals surface area contributed by atoms with Gasteiger partial charge in [0.1, 0.15) is 0 Å². The molecule has 0 bridgehead atoms. The van der Waals surface area contributed by atoms with Gasteiger partial charge in [-0.1, -0.05) is 30.3 Å². The quantitative estimate of drug-likeness (QED) is 0.298. The van der Waals surface area contributed by atoms with Crippen molar-refractivity contribution < 1.29 is 9.72 Å². The molecule has 3 rings (SSSR count). The van der Waals surface area contributed by atoms with Crippen LogP contribution in [0.1, 0.15) is 27.3 Å². The first-order valence-corrected chi connectivity index (χ1v) is 8.06. The van der Waals surface area contributed by atoms with Crippen LogP contribution >= 0.6 is 0 Å². The van der Waals surface area contributed by atoms with Crippen molar-refractivity contribution in [2.45, 2.75) is 13.8 Å². The fourth-order valence-electron chi connectivity index (χ4n) is 2.86. The molecule has 0 unspecified atom stereocenters. The van der Waals surface area contributed by atoms with Gasteiger partial charge in [0, 0.05) is 6.07 Å². The summed E-state index contributed by atoms with van der Waals surface area (Å²) in [5.41, 5.74) is 3.06. The van der Waals surface area contributed by atoms with Gasteiger partial charge in [-0.15, -0.1) is 0 Å². The number of nitro benzene ring substituents is 1. The molecule has 2 aromatic carbocycles. The first-order valence-electron chi connectivity index (χ1n) is 8.06. The zero-order chi connectivity index (χ0) is 18.7. The molecule has 26 heavy (non-hydrogen) atoms. The first-order chi connectivity index (χ1) is 12.5. The van der Waals surface area contributed by atoms with E-state index in [1.54, 1.807) is 29.8 Å². The number of hydrogen-bond donors (Lipinski definition) is 0. The van der Waals surface area contributed by atoms with E-state index >= 15 is 0 Å². The van der Waals surface area contributed by atoms with Crippen molar-refractivity contribution in [3.8, 4) is 5.69 Å². The molecule has 0 aliphatic carbocycles. The van der Waals surface area contributed by atoms with Crippen LogP contribution in [-0.4, -0.2) is 20.5 Å². The van der Waals surface area contributed by atoms with E-state index < -0.39 is 4.92 Å². The number of benzene rings is 2. The highest BCUT2D eigenvalue weighted by Gasteiger charge is 2.18. The number of nitro groups is 1. The van der Waals surface area contributed by atoms with Crippen molar-refractivity contribution in [3.05, 3.63) is 93.3 Å². The summed E-state index contributed by atoms with van der Waals surface area (Å²) in [6.45, 7) is 3.61. The molecule has 0 aliphatic rings. The van der Waals surface area contributed by atoms with Crippen molar-refractivity contribution in [2.24, 2.45) is 0 Å². The number of rotatable bonds is 5. The number of nitrogens with zero attached hydrogens (tertiary/aromatic N) is 3. The van der Waals surface area contributed by atoms with Crippen LogP contribution in [0, 0.1) is 24.0 Å². The maximum Gasteiger partial charge on any atom is 0.276 e. The third-order valence-corrected chi connectivity index (χ3v) is 4.09. The van der Waals surface area contributed by atoms with Gasteiger partial charge in [0.15, 0.2) is 5.78 Å². The minimum atomic E-state index is -0.464. The Morgan fingerprint density at radius 2 is 1.73 bits per heavy atom. The number of allylic oxidation sites excluding steroid dienone is 1. The van der Waals surface area contributed by atoms with Crippen LogP contribution in [0.25, 0.3) is 11.8 Å². The summed E-state index contributed by atoms with van der Waals surface area (Å²) in [6, 6.07) is 15.9. The lowest BCUT2D eigenvalue weighted by Gasteiger charge is -2.04. The van der Waals surface area contributed by atoms with Crippen LogP contribution in [0.3, 0.4) is 0 Å². The second kappa shape index (κ2) is 7.14. The van der Waals surface area contributed by atoms with E-state index in [9.17, 15) is 14.9 Å². The molecule has 0 amide bonds. The Morgan fingerprint density at radius 3 is 2.42 bits per heavy atom. The first kappa shape index (κ1) is 17.3. The molecule has 0 atom stereocenters. The van der Waals surface area contributed by atoms with Crippen molar-refractivity contribution in [2.75, 3.05) is 0 Å². The highest BCUT2D eigenvalue weighted by molar-refractivity contribution is 6.08. The smallest absolute Gasteiger partial charge is 0.276 e. The average Bonchev–Trinajstić information content (AvgIpc) is 2.95. The SMILES string of the molecule is Cc1nn(-c2ccccc2)c(C)c1C(=O)/C=C/c1ccccc1[N+](=O)[O-]. The van der Waals surface area contributed by atoms with Gasteiger partial charge in [-0.25, -0.2) is 4.68 Å². The highest BCUT2D eigenvalue weighted by Crippen LogP contribution is 2.21. The van der Waals surface area contributed by atoms with E-state index in [1.807, 2.05) is 37.3 Å². The summed E-state index contributed by atoms with van der Waals surface area (Å²) in [5.74, 6) is -0.236. The summed E-state index contributed by atoms with van der Waals surface area (Å²) < 4.78 is 1.72. The summed E-state index contributed by atoms with van der Waals surface area (Å²) >= 11 is 0. The number of para-hydroxylation sites is 2. The topological polar surface area (TPSA) is 78.0 Å². The lowest BCUT2D eigenvalue weighted by molar-refractivity contribution is -0.385. The molecule has 6 nitrogen and oxygen atoms in total. The molecular formula is C20H17N3O3. The number of hydrogen-bond acceptors (Lipinski definition) is 4. The minimum Gasteiger partial charge on any atom is -0.289 e. The lowest BCUT2D eigenvalue weighted by atomic mass is 10.1. The number of aryl methyl sites for hydroxylation is 1. The molecular weight excluding hydrogens is 330 g/mol. The van der Waals surface area contributed by atoms with Gasteiger partial charge in [0.2, 0.25) is 0 Å². The summed E-state index contributed by atoms with van der Waals surface area (Å²) in [4.78, 5) is 23.3. The van der Waals surface area contributed by atoms with E-state index in [-0.39, 0.29) is 11.5 Å². The Balaban J connectivity index is 1.95. The standard InChI is InChI=1S/C20H17N3O3/c1-14-20(15(2)22(21-14)17-9-4-3-5-10-17)19(24)13-12-16-8-6-7-11-18(16)23(25)26/h3-13H,1-2H3/b13-12+. The van der Waals surface area contributed by atoms with Crippen molar-refractivity contribution >= 4 is 17.5 Å². The molecule has 0 spiro atoms. The molecule has 0 radical (unpaired) electrons. The molecule has 6 heteroatoms. The van der Waals surface area contributed by atoms with Crippen LogP contribution in [0.15, 0.2) is 60.7 Å². The maximum absolute atomic E-state index is 12.7. The minimum absolute atomic E-state index is 0.0371. The maximum atomic E-state index is 12.7. The van der Waals surface area contributed by atoms with Gasteiger partial charge < -0.3 is 0 Å². The van der Waals surface area contributed by atoms with Gasteiger partial charge in [-0.05, 0) is 44.2 Å². The predicted octanol–water partition coefficient (Wildman–Crippen LogP) is 4.29. The molecule has 0 fully saturated rings. The zero-order valence-electron chi connectivity index (χ0n) is 14.4. The van der Waals surface area contributed by atoms with Crippen LogP contribution in [-0.2, 0) is 0 Å². The average molecular weight is 347 g/mol. The van der Waals surface area contributed by atoms with E-state index in [4.69, 9.17) is 0 Å². The number of ketones is 1. The van der Waals surface area contributed by atoms with E-state index in [0.29, 0.717) is 16.8 Å². The van der Waals surface area contributed by atoms with Gasteiger partial charge in [-0.3, -0.25) is 14.9 Å². The summed E-state index contributed by atoms with van der Waals surface area (Å²) in [6.07, 6.45) is 2.83. The largest absolute Gasteiger partial charge is 0.289 e. The molecule has 1 heterocycles. The Bertz CT molecular complexity index is 1000. The summed E-state index contributed by atoms with van der Waals surface area (Å²) in [7, 11) is 0. The van der Waals surface area contributed by atoms with E-state index in [0.717, 1.165) is 11.4 Å². The Kier molecular flexibility index (Phi) is 4.75. The van der Waals surface area contributed by atoms with Crippen molar-refractivity contribution in [1.29, 1.82) is 0 Å². The number of carbonyl (C=O) groups excluding carboxylic acids is 1. The van der Waals surface area contributed by atoms with Gasteiger partial charge in [0.25, 0.3) is 5.69 Å². The molecule has 130 valence electrons. The van der Waals surface area contributed by atoms with Crippen LogP contribution < -0.4 is 0 Å². The van der Waals surface area contributed by atoms with Gasteiger partial charge in [-0.2, -0.15) is 5.10 Å². The summed E-state index contributed by atoms with van der Waals surface area (Å²) in [5, 5.41) is 15.5. The monoisotopic (exact) mass is 347 g/mol. The highest BCUT2D eigenvalue weighted by atomic mass is 16.6. The molecule has 1 aromatic heterocycles. The molecule has 3 aromatic rings. The fourth-order valence-corrected chi connectivity index (χ4v) is 2.86. The Hall–Kier alpha value is -3.54. The van der Waals surface area contributed by atoms with Crippen LogP contribution in [0.5, 0.6) is 0 Å². The second-order valence-corrected chi connectivity index (χ2v) is 5.81. The molecule has 0 aliphatic heterocycles. The second-order valence-electron chi connectivity index (χ2n) is 5.81. The molecule has 0 saturated heterocycles. The van der Waals surface area contributed by atoms with Gasteiger partial charge >= 0.3 is 0 Å². The van der Waals surface area contributed by atoms with Crippen LogP contribution in [0.4, 0.5) is 5.69 Å². The number of aromatic nitrogens is 2. The number of carbonyl (C=O) groups is 1. The van der Waals surface area contributed by atoms with E-state index in [2.05, 4.69) is 5.10 Å². The van der Waals surface area contributed by atoms with Crippen molar-refractivity contribution in [1.82, 2.24) is 9.78 Å².